The molecule has 2 N–H and O–H groups in total. The van der Waals surface area contributed by atoms with Crippen molar-refractivity contribution in [1.29, 1.82) is 0 Å². The predicted molar refractivity (Wildman–Crippen MR) is 173 cm³/mol. The quantitative estimate of drug-likeness (QED) is 0.138. The third-order valence-electron chi connectivity index (χ3n) is 8.67. The molecule has 1 aromatic rings. The fraction of sp³-hybridized carbons (Fsp3) is 0.583. The molecular weight excluding hydrogens is 588 g/mol. The van der Waals surface area contributed by atoms with Gasteiger partial charge in [0.1, 0.15) is 12.7 Å². The molecule has 10 nitrogen and oxygen atoms in total. The first-order valence-corrected chi connectivity index (χ1v) is 16.3. The second-order valence-corrected chi connectivity index (χ2v) is 13.1. The van der Waals surface area contributed by atoms with Crippen LogP contribution >= 0.6 is 0 Å². The van der Waals surface area contributed by atoms with Crippen molar-refractivity contribution in [2.24, 2.45) is 5.92 Å². The first kappa shape index (κ1) is 35.5. The summed E-state index contributed by atoms with van der Waals surface area (Å²) in [5, 5.41) is 5.92. The van der Waals surface area contributed by atoms with Gasteiger partial charge in [0.15, 0.2) is 5.79 Å². The molecule has 4 rings (SSSR count). The maximum absolute atomic E-state index is 12.5. The Hall–Kier alpha value is -3.31. The molecule has 10 heteroatoms. The van der Waals surface area contributed by atoms with E-state index in [1.54, 1.807) is 13.0 Å². The lowest BCUT2D eigenvalue weighted by molar-refractivity contribution is -0.269. The fourth-order valence-electron chi connectivity index (χ4n) is 6.10. The maximum atomic E-state index is 12.5. The van der Waals surface area contributed by atoms with Gasteiger partial charge in [-0.15, -0.1) is 0 Å². The highest BCUT2D eigenvalue weighted by Crippen LogP contribution is 2.46. The highest BCUT2D eigenvalue weighted by Gasteiger charge is 2.56. The van der Waals surface area contributed by atoms with Crippen LogP contribution in [0, 0.1) is 5.92 Å². The number of carbonyl (C=O) groups excluding carboxylic acids is 3. The van der Waals surface area contributed by atoms with Gasteiger partial charge in [-0.2, -0.15) is 0 Å². The minimum absolute atomic E-state index is 0.0322. The highest BCUT2D eigenvalue weighted by atomic mass is 16.7. The average Bonchev–Trinajstić information content (AvgIpc) is 3.74. The van der Waals surface area contributed by atoms with Crippen molar-refractivity contribution in [3.63, 3.8) is 0 Å². The number of hydrogen-bond acceptors (Lipinski definition) is 8. The van der Waals surface area contributed by atoms with Crippen LogP contribution in [0.4, 0.5) is 0 Å². The van der Waals surface area contributed by atoms with Crippen molar-refractivity contribution in [2.45, 2.75) is 116 Å². The van der Waals surface area contributed by atoms with Crippen molar-refractivity contribution >= 4 is 17.8 Å². The lowest BCUT2D eigenvalue weighted by Gasteiger charge is -2.40. The topological polar surface area (TPSA) is 125 Å². The summed E-state index contributed by atoms with van der Waals surface area (Å²) in [6, 6.07) is 9.65. The Morgan fingerprint density at radius 1 is 1.13 bits per heavy atom. The Labute approximate surface area is 272 Å². The van der Waals surface area contributed by atoms with Gasteiger partial charge in [0.05, 0.1) is 36.6 Å². The number of carbonyl (C=O) groups is 3. The molecule has 0 aromatic heterocycles. The molecule has 0 aliphatic carbocycles. The second kappa shape index (κ2) is 16.0. The van der Waals surface area contributed by atoms with Crippen LogP contribution in [0.2, 0.25) is 0 Å². The van der Waals surface area contributed by atoms with Gasteiger partial charge in [-0.3, -0.25) is 14.4 Å². The monoisotopic (exact) mass is 638 g/mol. The van der Waals surface area contributed by atoms with E-state index in [1.165, 1.54) is 13.0 Å². The largest absolute Gasteiger partial charge is 0.459 e. The predicted octanol–water partition coefficient (Wildman–Crippen LogP) is 4.68. The molecule has 1 aromatic carbocycles. The van der Waals surface area contributed by atoms with Crippen LogP contribution in [0.15, 0.2) is 66.3 Å². The second-order valence-electron chi connectivity index (χ2n) is 13.1. The molecule has 252 valence electrons. The minimum Gasteiger partial charge on any atom is -0.459 e. The first-order chi connectivity index (χ1) is 21.8. The Morgan fingerprint density at radius 3 is 2.57 bits per heavy atom. The van der Waals surface area contributed by atoms with Gasteiger partial charge in [0.25, 0.3) is 0 Å². The van der Waals surface area contributed by atoms with Gasteiger partial charge >= 0.3 is 5.97 Å². The van der Waals surface area contributed by atoms with Crippen molar-refractivity contribution in [3.8, 4) is 0 Å². The standard InChI is InChI=1S/C36H50N2O8/c1-24(13-16-32-25(2)18-31(27(4)45-32)38-33(40)17-14-26(3)44-28(5)39)12-15-30-19-36(23-43-36)22-35(6,46-30)42-21-34(41)37-20-29-10-8-7-9-11-29/h7-15,17,25-27,30-32H,16,18-23H2,1-6H3,(H,37,41)(H,38,40)/b15-12+,17-14-,24-13+/t25-,26-,27+,30+,31+,32-,35-,36+/m0/s1. The summed E-state index contributed by atoms with van der Waals surface area (Å²) in [5.74, 6) is -1.51. The third kappa shape index (κ3) is 11.2. The Morgan fingerprint density at radius 2 is 1.87 bits per heavy atom. The zero-order valence-electron chi connectivity index (χ0n) is 28.0. The van der Waals surface area contributed by atoms with Crippen LogP contribution in [0.5, 0.6) is 0 Å². The summed E-state index contributed by atoms with van der Waals surface area (Å²) in [5.41, 5.74) is 1.85. The molecule has 8 atom stereocenters. The van der Waals surface area contributed by atoms with E-state index in [4.69, 9.17) is 23.7 Å². The molecule has 3 fully saturated rings. The van der Waals surface area contributed by atoms with Gasteiger partial charge < -0.3 is 34.3 Å². The van der Waals surface area contributed by atoms with Crippen molar-refractivity contribution in [2.75, 3.05) is 13.2 Å². The molecule has 0 unspecified atom stereocenters. The number of allylic oxidation sites excluding steroid dienone is 2. The summed E-state index contributed by atoms with van der Waals surface area (Å²) in [6.07, 6.45) is 11.3. The lowest BCUT2D eigenvalue weighted by Crippen LogP contribution is -2.50. The average molecular weight is 639 g/mol. The molecule has 46 heavy (non-hydrogen) atoms. The summed E-state index contributed by atoms with van der Waals surface area (Å²) in [6.45, 7) is 12.1. The van der Waals surface area contributed by atoms with E-state index in [0.29, 0.717) is 19.6 Å². The van der Waals surface area contributed by atoms with Crippen LogP contribution in [-0.2, 0) is 44.6 Å². The van der Waals surface area contributed by atoms with E-state index in [2.05, 4.69) is 36.6 Å². The number of nitrogens with one attached hydrogen (secondary N) is 2. The van der Waals surface area contributed by atoms with Gasteiger partial charge in [0.2, 0.25) is 11.8 Å². The number of benzene rings is 1. The van der Waals surface area contributed by atoms with Crippen molar-refractivity contribution in [3.05, 3.63) is 71.8 Å². The number of amides is 2. The molecule has 3 aliphatic heterocycles. The first-order valence-electron chi connectivity index (χ1n) is 16.3. The van der Waals surface area contributed by atoms with E-state index in [9.17, 15) is 14.4 Å². The fourth-order valence-corrected chi connectivity index (χ4v) is 6.10. The molecule has 3 heterocycles. The zero-order chi connectivity index (χ0) is 33.3. The van der Waals surface area contributed by atoms with Crippen molar-refractivity contribution < 1.29 is 38.1 Å². The number of epoxide rings is 1. The highest BCUT2D eigenvalue weighted by molar-refractivity contribution is 5.87. The summed E-state index contributed by atoms with van der Waals surface area (Å²) in [7, 11) is 0. The van der Waals surface area contributed by atoms with Crippen molar-refractivity contribution in [1.82, 2.24) is 10.6 Å². The Bertz CT molecular complexity index is 1290. The van der Waals surface area contributed by atoms with Gasteiger partial charge in [-0.1, -0.05) is 61.1 Å². The number of ether oxygens (including phenoxy) is 5. The van der Waals surface area contributed by atoms with E-state index < -0.39 is 11.9 Å². The molecular formula is C36H50N2O8. The van der Waals surface area contributed by atoms with Crippen LogP contribution in [-0.4, -0.2) is 72.8 Å². The molecule has 1 spiro atoms. The van der Waals surface area contributed by atoms with Gasteiger partial charge in [-0.05, 0) is 58.1 Å². The summed E-state index contributed by atoms with van der Waals surface area (Å²) < 4.78 is 29.5. The maximum Gasteiger partial charge on any atom is 0.303 e. The summed E-state index contributed by atoms with van der Waals surface area (Å²) >= 11 is 0. The molecule has 2 amide bonds. The van der Waals surface area contributed by atoms with Crippen LogP contribution in [0.3, 0.4) is 0 Å². The normalized spacial score (nSPS) is 32.0. The zero-order valence-corrected chi connectivity index (χ0v) is 28.0. The smallest absolute Gasteiger partial charge is 0.303 e. The molecule has 0 bridgehead atoms. The van der Waals surface area contributed by atoms with E-state index in [1.807, 2.05) is 50.3 Å². The number of hydrogen-bond donors (Lipinski definition) is 2. The SMILES string of the molecule is CC(=O)O[C@@H](C)/C=C\C(=O)N[C@@H]1C[C@H](C)[C@H](C/C=C(C)/C=C/[C@@H]2C[C@]3(CO3)C[C@@](C)(OCC(=O)NCc3ccccc3)O2)O[C@@H]1C. The number of esters is 1. The lowest BCUT2D eigenvalue weighted by atomic mass is 9.88. The Kier molecular flexibility index (Phi) is 12.4. The van der Waals surface area contributed by atoms with E-state index in [0.717, 1.165) is 30.4 Å². The van der Waals surface area contributed by atoms with Crippen LogP contribution < -0.4 is 10.6 Å². The molecule has 0 saturated carbocycles. The molecule has 0 radical (unpaired) electrons. The van der Waals surface area contributed by atoms with Gasteiger partial charge in [0, 0.05) is 32.4 Å². The van der Waals surface area contributed by atoms with Crippen LogP contribution in [0.25, 0.3) is 0 Å². The molecule has 3 aliphatic rings. The van der Waals surface area contributed by atoms with E-state index in [-0.39, 0.29) is 60.3 Å². The van der Waals surface area contributed by atoms with E-state index >= 15 is 0 Å². The Balaban J connectivity index is 1.23. The summed E-state index contributed by atoms with van der Waals surface area (Å²) in [4.78, 5) is 36.0. The third-order valence-corrected chi connectivity index (χ3v) is 8.67. The minimum atomic E-state index is -0.935. The van der Waals surface area contributed by atoms with Crippen LogP contribution in [0.1, 0.15) is 72.8 Å². The molecule has 3 saturated heterocycles. The number of rotatable bonds is 13. The van der Waals surface area contributed by atoms with Gasteiger partial charge in [-0.25, -0.2) is 0 Å².